The summed E-state index contributed by atoms with van der Waals surface area (Å²) in [7, 11) is 0. The Morgan fingerprint density at radius 2 is 1.50 bits per heavy atom. The molecule has 1 aliphatic rings. The number of carboxylic acids is 1. The Labute approximate surface area is 176 Å². The molecule has 11 heteroatoms. The van der Waals surface area contributed by atoms with Crippen molar-refractivity contribution in [3.8, 4) is 0 Å². The van der Waals surface area contributed by atoms with E-state index in [-0.39, 0.29) is 5.92 Å². The fourth-order valence-electron chi connectivity index (χ4n) is 3.13. The molecule has 0 aromatic heterocycles. The van der Waals surface area contributed by atoms with Gasteiger partial charge in [-0.1, -0.05) is 13.8 Å². The van der Waals surface area contributed by atoms with Gasteiger partial charge in [-0.25, -0.2) is 4.79 Å². The van der Waals surface area contributed by atoms with Crippen molar-refractivity contribution in [2.24, 2.45) is 11.7 Å². The molecular formula is C19H33N5O6. The minimum Gasteiger partial charge on any atom is -0.480 e. The van der Waals surface area contributed by atoms with Crippen LogP contribution in [0.3, 0.4) is 0 Å². The van der Waals surface area contributed by atoms with Crippen LogP contribution in [0.25, 0.3) is 0 Å². The van der Waals surface area contributed by atoms with Gasteiger partial charge in [0.2, 0.25) is 23.6 Å². The maximum absolute atomic E-state index is 12.8. The predicted octanol–water partition coefficient (Wildman–Crippen LogP) is -1.44. The number of hydrogen-bond donors (Lipinski definition) is 5. The second-order valence-electron chi connectivity index (χ2n) is 8.01. The lowest BCUT2D eigenvalue weighted by molar-refractivity contribution is -0.145. The average molecular weight is 428 g/mol. The summed E-state index contributed by atoms with van der Waals surface area (Å²) in [6.45, 7) is 8.13. The van der Waals surface area contributed by atoms with Crippen LogP contribution in [0.15, 0.2) is 0 Å². The van der Waals surface area contributed by atoms with Crippen LogP contribution in [0.4, 0.5) is 0 Å². The molecule has 0 aliphatic carbocycles. The molecule has 0 saturated carbocycles. The molecule has 0 unspecified atom stereocenters. The van der Waals surface area contributed by atoms with Crippen molar-refractivity contribution in [3.63, 3.8) is 0 Å². The lowest BCUT2D eigenvalue weighted by atomic mass is 10.0. The Hall–Kier alpha value is -2.69. The molecule has 4 amide bonds. The number of amides is 4. The van der Waals surface area contributed by atoms with Gasteiger partial charge in [-0.05, 0) is 39.5 Å². The van der Waals surface area contributed by atoms with Gasteiger partial charge in [0.1, 0.15) is 24.2 Å². The number of carboxylic acid groups (broad SMARTS) is 1. The van der Waals surface area contributed by atoms with E-state index in [9.17, 15) is 29.1 Å². The van der Waals surface area contributed by atoms with Crippen LogP contribution < -0.4 is 21.7 Å². The Bertz CT molecular complexity index is 680. The number of carbonyl (C=O) groups excluding carboxylic acids is 4. The molecular weight excluding hydrogens is 394 g/mol. The largest absolute Gasteiger partial charge is 0.480 e. The highest BCUT2D eigenvalue weighted by atomic mass is 16.4. The first-order valence-corrected chi connectivity index (χ1v) is 10.1. The van der Waals surface area contributed by atoms with Crippen molar-refractivity contribution >= 4 is 29.6 Å². The lowest BCUT2D eigenvalue weighted by Gasteiger charge is -2.29. The van der Waals surface area contributed by atoms with Crippen LogP contribution in [0, 0.1) is 5.92 Å². The van der Waals surface area contributed by atoms with E-state index in [1.165, 1.54) is 25.7 Å². The Morgan fingerprint density at radius 1 is 0.933 bits per heavy atom. The van der Waals surface area contributed by atoms with Gasteiger partial charge in [-0.3, -0.25) is 19.2 Å². The Balaban J connectivity index is 2.74. The van der Waals surface area contributed by atoms with E-state index in [1.54, 1.807) is 13.8 Å². The van der Waals surface area contributed by atoms with Crippen LogP contribution in [-0.2, 0) is 24.0 Å². The maximum atomic E-state index is 12.8. The smallest absolute Gasteiger partial charge is 0.326 e. The van der Waals surface area contributed by atoms with E-state index in [0.717, 1.165) is 0 Å². The molecule has 0 radical (unpaired) electrons. The molecule has 30 heavy (non-hydrogen) atoms. The van der Waals surface area contributed by atoms with Gasteiger partial charge in [-0.2, -0.15) is 0 Å². The number of rotatable bonds is 9. The molecule has 5 atom stereocenters. The topological polar surface area (TPSA) is 171 Å². The quantitative estimate of drug-likeness (QED) is 0.300. The number of nitrogens with zero attached hydrogens (tertiary/aromatic N) is 1. The van der Waals surface area contributed by atoms with E-state index >= 15 is 0 Å². The molecule has 0 spiro atoms. The Kier molecular flexibility index (Phi) is 9.22. The molecule has 1 saturated heterocycles. The van der Waals surface area contributed by atoms with Gasteiger partial charge in [0.05, 0.1) is 6.04 Å². The highest BCUT2D eigenvalue weighted by Crippen LogP contribution is 2.19. The van der Waals surface area contributed by atoms with E-state index in [4.69, 9.17) is 5.73 Å². The number of nitrogens with one attached hydrogen (secondary N) is 3. The third-order valence-corrected chi connectivity index (χ3v) is 4.96. The summed E-state index contributed by atoms with van der Waals surface area (Å²) in [5.41, 5.74) is 5.45. The third-order valence-electron chi connectivity index (χ3n) is 4.96. The number of aliphatic carboxylic acids is 1. The fraction of sp³-hybridized carbons (Fsp3) is 0.737. The molecule has 0 aromatic rings. The summed E-state index contributed by atoms with van der Waals surface area (Å²) < 4.78 is 0. The summed E-state index contributed by atoms with van der Waals surface area (Å²) in [6, 6.07) is -4.45. The van der Waals surface area contributed by atoms with Crippen LogP contribution >= 0.6 is 0 Å². The zero-order valence-electron chi connectivity index (χ0n) is 18.1. The highest BCUT2D eigenvalue weighted by Gasteiger charge is 2.38. The minimum atomic E-state index is -1.14. The highest BCUT2D eigenvalue weighted by molar-refractivity contribution is 5.95. The Morgan fingerprint density at radius 3 is 2.00 bits per heavy atom. The molecule has 1 aliphatic heterocycles. The number of hydrogen-bond acceptors (Lipinski definition) is 6. The van der Waals surface area contributed by atoms with Crippen molar-refractivity contribution in [2.75, 3.05) is 6.54 Å². The first-order chi connectivity index (χ1) is 13.9. The van der Waals surface area contributed by atoms with Crippen LogP contribution in [-0.4, -0.2) is 76.4 Å². The van der Waals surface area contributed by atoms with Crippen molar-refractivity contribution in [1.82, 2.24) is 20.9 Å². The number of nitrogens with two attached hydrogens (primary N) is 1. The van der Waals surface area contributed by atoms with E-state index in [0.29, 0.717) is 19.4 Å². The van der Waals surface area contributed by atoms with Crippen LogP contribution in [0.2, 0.25) is 0 Å². The summed E-state index contributed by atoms with van der Waals surface area (Å²) in [5, 5.41) is 16.7. The van der Waals surface area contributed by atoms with Crippen molar-refractivity contribution in [2.45, 2.75) is 77.7 Å². The second kappa shape index (κ2) is 10.9. The van der Waals surface area contributed by atoms with E-state index in [1.807, 2.05) is 0 Å². The number of carbonyl (C=O) groups is 5. The molecule has 11 nitrogen and oxygen atoms in total. The molecule has 1 heterocycles. The zero-order valence-corrected chi connectivity index (χ0v) is 18.1. The molecule has 6 N–H and O–H groups in total. The third kappa shape index (κ3) is 6.68. The monoisotopic (exact) mass is 427 g/mol. The van der Waals surface area contributed by atoms with Crippen LogP contribution in [0.5, 0.6) is 0 Å². The van der Waals surface area contributed by atoms with Gasteiger partial charge in [0, 0.05) is 6.54 Å². The van der Waals surface area contributed by atoms with Gasteiger partial charge >= 0.3 is 5.97 Å². The molecule has 1 rings (SSSR count). The maximum Gasteiger partial charge on any atom is 0.326 e. The first-order valence-electron chi connectivity index (χ1n) is 10.1. The van der Waals surface area contributed by atoms with Gasteiger partial charge < -0.3 is 31.7 Å². The van der Waals surface area contributed by atoms with Crippen molar-refractivity contribution in [3.05, 3.63) is 0 Å². The zero-order chi connectivity index (χ0) is 23.2. The lowest BCUT2D eigenvalue weighted by Crippen LogP contribution is -2.57. The summed E-state index contributed by atoms with van der Waals surface area (Å²) in [5.74, 6) is -3.50. The van der Waals surface area contributed by atoms with Gasteiger partial charge in [0.15, 0.2) is 0 Å². The molecule has 1 fully saturated rings. The number of likely N-dealkylation sites (tertiary alicyclic amines) is 1. The summed E-state index contributed by atoms with van der Waals surface area (Å²) >= 11 is 0. The summed E-state index contributed by atoms with van der Waals surface area (Å²) in [4.78, 5) is 62.0. The summed E-state index contributed by atoms with van der Waals surface area (Å²) in [6.07, 6.45) is 0.994. The first kappa shape index (κ1) is 25.3. The van der Waals surface area contributed by atoms with Gasteiger partial charge in [0.25, 0.3) is 0 Å². The normalized spacial score (nSPS) is 20.1. The van der Waals surface area contributed by atoms with E-state index in [2.05, 4.69) is 16.0 Å². The van der Waals surface area contributed by atoms with E-state index < -0.39 is 59.8 Å². The average Bonchev–Trinajstić information content (AvgIpc) is 3.14. The molecule has 170 valence electrons. The minimum absolute atomic E-state index is 0.317. The fourth-order valence-corrected chi connectivity index (χ4v) is 3.13. The SMILES string of the molecule is CC(C)[C@H](NC(=O)[C@@H]1CCCN1C(=O)[C@H](C)NC(=O)[C@H](C)NC(=O)[C@H](C)N)C(=O)O. The second-order valence-corrected chi connectivity index (χ2v) is 8.01. The standard InChI is InChI=1S/C19H33N5O6/c1-9(2)14(19(29)30)23-17(27)13-7-6-8-24(13)18(28)12(5)22-16(26)11(4)21-15(25)10(3)20/h9-14H,6-8,20H2,1-5H3,(H,21,25)(H,22,26)(H,23,27)(H,29,30)/t10-,11-,12-,13-,14-/m0/s1. The van der Waals surface area contributed by atoms with Crippen molar-refractivity contribution < 1.29 is 29.1 Å². The predicted molar refractivity (Wildman–Crippen MR) is 108 cm³/mol. The van der Waals surface area contributed by atoms with Gasteiger partial charge in [-0.15, -0.1) is 0 Å². The van der Waals surface area contributed by atoms with Crippen molar-refractivity contribution in [1.29, 1.82) is 0 Å². The molecule has 0 bridgehead atoms. The van der Waals surface area contributed by atoms with Crippen LogP contribution in [0.1, 0.15) is 47.5 Å². The molecule has 0 aromatic carbocycles.